The molecule has 4 heterocycles. The van der Waals surface area contributed by atoms with Crippen LogP contribution in [0.1, 0.15) is 0 Å². The van der Waals surface area contributed by atoms with Crippen molar-refractivity contribution in [3.05, 3.63) is 0 Å². The van der Waals surface area contributed by atoms with Gasteiger partial charge in [0.25, 0.3) is 11.6 Å². The Morgan fingerprint density at radius 1 is 0.941 bits per heavy atom. The van der Waals surface area contributed by atoms with E-state index in [9.17, 15) is 20.4 Å². The largest absolute Gasteiger partial charge is 0.691 e. The van der Waals surface area contributed by atoms with E-state index in [0.717, 1.165) is 0 Å². The lowest BCUT2D eigenvalue weighted by Gasteiger charge is -2.53. The highest BCUT2D eigenvalue weighted by Crippen LogP contribution is 2.68. The number of aliphatic hydroxyl groups excluding tert-OH is 1. The zero-order valence-corrected chi connectivity index (χ0v) is 9.06. The van der Waals surface area contributed by atoms with Gasteiger partial charge in [-0.3, -0.25) is 4.43 Å². The third-order valence-corrected chi connectivity index (χ3v) is 5.55. The summed E-state index contributed by atoms with van der Waals surface area (Å²) in [4.78, 5) is 0. The monoisotopic (exact) mass is 268 g/mol. The molecule has 10 nitrogen and oxygen atoms in total. The van der Waals surface area contributed by atoms with E-state index in [-0.39, 0.29) is 0 Å². The molecule has 4 fully saturated rings. The lowest BCUT2D eigenvalue weighted by atomic mass is 9.87. The third-order valence-electron chi connectivity index (χ3n) is 3.37. The fourth-order valence-electron chi connectivity index (χ4n) is 2.54. The number of hydrogen-bond acceptors (Lipinski definition) is 10. The Morgan fingerprint density at radius 2 is 1.59 bits per heavy atom. The second-order valence-electron chi connectivity index (χ2n) is 4.26. The summed E-state index contributed by atoms with van der Waals surface area (Å²) in [5, 5.41) is 49.3. The van der Waals surface area contributed by atoms with Gasteiger partial charge in [-0.2, -0.15) is 0 Å². The average molecular weight is 268 g/mol. The van der Waals surface area contributed by atoms with Crippen molar-refractivity contribution < 1.29 is 48.0 Å². The minimum absolute atomic E-state index is 0.811. The van der Waals surface area contributed by atoms with Gasteiger partial charge in [-0.15, -0.1) is 0 Å². The summed E-state index contributed by atoms with van der Waals surface area (Å²) in [6.07, 6.45) is -1.57. The summed E-state index contributed by atoms with van der Waals surface area (Å²) < 4.78 is 24.2. The maximum Gasteiger partial charge on any atom is 0.691 e. The minimum Gasteiger partial charge on any atom is -0.393 e. The van der Waals surface area contributed by atoms with Gasteiger partial charge in [0.05, 0.1) is 6.61 Å². The zero-order valence-electron chi connectivity index (χ0n) is 8.06. The topological polar surface area (TPSA) is 147 Å². The van der Waals surface area contributed by atoms with E-state index in [1.165, 1.54) is 0 Å². The fourth-order valence-corrected chi connectivity index (χ4v) is 5.24. The first kappa shape index (κ1) is 10.7. The molecule has 1 spiro atoms. The van der Waals surface area contributed by atoms with E-state index < -0.39 is 45.1 Å². The van der Waals surface area contributed by atoms with E-state index >= 15 is 0 Å². The molecule has 6 atom stereocenters. The van der Waals surface area contributed by atoms with E-state index in [1.807, 2.05) is 0 Å². The number of rotatable bonds is 1. The molecule has 0 amide bonds. The van der Waals surface area contributed by atoms with Crippen LogP contribution in [0.4, 0.5) is 0 Å². The summed E-state index contributed by atoms with van der Waals surface area (Å²) in [5.41, 5.74) is 0. The van der Waals surface area contributed by atoms with Crippen molar-refractivity contribution in [2.24, 2.45) is 0 Å². The van der Waals surface area contributed by atoms with Crippen molar-refractivity contribution in [1.29, 1.82) is 0 Å². The van der Waals surface area contributed by atoms with E-state index in [4.69, 9.17) is 27.5 Å². The summed E-state index contributed by atoms with van der Waals surface area (Å²) in [6.45, 7) is -0.811. The molecule has 96 valence electrons. The SMILES string of the molecule is OC[C@H]1OC2(O)O[Si]34O[C@@](O)([C@@]1(O)O3)[C@@]2(O)O4. The van der Waals surface area contributed by atoms with E-state index in [0.29, 0.717) is 0 Å². The fraction of sp³-hybridized carbons (Fsp3) is 1.00. The predicted molar refractivity (Wildman–Crippen MR) is 41.9 cm³/mol. The Kier molecular flexibility index (Phi) is 1.45. The average Bonchev–Trinajstić information content (AvgIpc) is 2.61. The zero-order chi connectivity index (χ0) is 12.3. The molecule has 2 unspecified atom stereocenters. The Bertz CT molecular complexity index is 429. The van der Waals surface area contributed by atoms with Crippen LogP contribution in [-0.4, -0.2) is 70.6 Å². The molecule has 4 rings (SSSR count). The van der Waals surface area contributed by atoms with Crippen LogP contribution in [0.25, 0.3) is 0 Å². The highest BCUT2D eigenvalue weighted by molar-refractivity contribution is 6.56. The summed E-state index contributed by atoms with van der Waals surface area (Å²) in [5.74, 6) is -11.0. The molecule has 0 saturated carbocycles. The molecule has 0 radical (unpaired) electrons. The van der Waals surface area contributed by atoms with Gasteiger partial charge in [-0.25, -0.2) is 0 Å². The molecule has 5 N–H and O–H groups in total. The second-order valence-corrected chi connectivity index (χ2v) is 6.08. The van der Waals surface area contributed by atoms with Crippen molar-refractivity contribution in [3.8, 4) is 0 Å². The number of ether oxygens (including phenoxy) is 1. The predicted octanol–water partition coefficient (Wildman–Crippen LogP) is -4.37. The van der Waals surface area contributed by atoms with Gasteiger partial charge in [0.15, 0.2) is 0 Å². The third kappa shape index (κ3) is 0.741. The standard InChI is InChI=1S/C6H8O10Si/c7-1-2-3(8)4(9)5(10)6(11,12-2)16-17(13-3,14-4)15-5/h2,7-11H,1H2/t2-,3+,4+,5-,6?,17?/m1/s1. The van der Waals surface area contributed by atoms with Crippen LogP contribution in [0.3, 0.4) is 0 Å². The lowest BCUT2D eigenvalue weighted by molar-refractivity contribution is -0.553. The second kappa shape index (κ2) is 2.30. The molecule has 0 aromatic heterocycles. The van der Waals surface area contributed by atoms with Crippen LogP contribution in [0.15, 0.2) is 0 Å². The van der Waals surface area contributed by atoms with Gasteiger partial charge in [0, 0.05) is 0 Å². The summed E-state index contributed by atoms with van der Waals surface area (Å²) in [7, 11) is -4.08. The maximum absolute atomic E-state index is 10.1. The molecular weight excluding hydrogens is 260 g/mol. The summed E-state index contributed by atoms with van der Waals surface area (Å²) in [6, 6.07) is 0. The van der Waals surface area contributed by atoms with Crippen molar-refractivity contribution in [2.75, 3.05) is 6.61 Å². The van der Waals surface area contributed by atoms with Crippen LogP contribution in [0.2, 0.25) is 0 Å². The summed E-state index contributed by atoms with van der Waals surface area (Å²) >= 11 is 0. The van der Waals surface area contributed by atoms with Crippen LogP contribution < -0.4 is 0 Å². The molecule has 3 bridgehead atoms. The van der Waals surface area contributed by atoms with Gasteiger partial charge in [0.2, 0.25) is 0 Å². The Labute approximate surface area is 94.0 Å². The molecule has 4 aliphatic rings. The smallest absolute Gasteiger partial charge is 0.393 e. The molecule has 0 aromatic rings. The molecule has 4 aliphatic heterocycles. The molecular formula is C6H8O10Si. The lowest BCUT2D eigenvalue weighted by Crippen LogP contribution is -2.82. The first-order chi connectivity index (χ1) is 7.74. The maximum atomic E-state index is 10.1. The normalized spacial score (nSPS) is 71.5. The van der Waals surface area contributed by atoms with Crippen LogP contribution in [0.5, 0.6) is 0 Å². The van der Waals surface area contributed by atoms with Gasteiger partial charge in [-0.05, 0) is 0 Å². The van der Waals surface area contributed by atoms with Crippen molar-refractivity contribution in [1.82, 2.24) is 0 Å². The molecule has 17 heavy (non-hydrogen) atoms. The van der Waals surface area contributed by atoms with Gasteiger partial charge in [-0.1, -0.05) is 0 Å². The Balaban J connectivity index is 1.99. The van der Waals surface area contributed by atoms with E-state index in [2.05, 4.69) is 0 Å². The molecule has 11 heteroatoms. The molecule has 0 aliphatic carbocycles. The molecule has 4 saturated heterocycles. The van der Waals surface area contributed by atoms with Gasteiger partial charge in [0.1, 0.15) is 6.10 Å². The van der Waals surface area contributed by atoms with E-state index in [1.54, 1.807) is 0 Å². The first-order valence-corrected chi connectivity index (χ1v) is 6.36. The van der Waals surface area contributed by atoms with Gasteiger partial charge >= 0.3 is 20.8 Å². The quantitative estimate of drug-likeness (QED) is 0.295. The van der Waals surface area contributed by atoms with Crippen LogP contribution in [0, 0.1) is 0 Å². The highest BCUT2D eigenvalue weighted by Gasteiger charge is 3.02. The van der Waals surface area contributed by atoms with Gasteiger partial charge < -0.3 is 43.5 Å². The minimum atomic E-state index is -4.08. The highest BCUT2D eigenvalue weighted by atomic mass is 28.4. The van der Waals surface area contributed by atoms with Crippen LogP contribution >= 0.6 is 0 Å². The van der Waals surface area contributed by atoms with Crippen molar-refractivity contribution in [3.63, 3.8) is 0 Å². The Morgan fingerprint density at radius 3 is 2.24 bits per heavy atom. The van der Waals surface area contributed by atoms with Crippen molar-refractivity contribution in [2.45, 2.75) is 29.4 Å². The Hall–Kier alpha value is -0.183. The molecule has 0 aromatic carbocycles. The first-order valence-electron chi connectivity index (χ1n) is 4.73. The number of aliphatic hydroxyl groups is 5. The van der Waals surface area contributed by atoms with Crippen molar-refractivity contribution >= 4 is 9.05 Å². The number of hydrogen-bond donors (Lipinski definition) is 5. The van der Waals surface area contributed by atoms with Crippen LogP contribution in [-0.2, 0) is 22.4 Å².